The molecule has 0 bridgehead atoms. The molecule has 0 radical (unpaired) electrons. The lowest BCUT2D eigenvalue weighted by molar-refractivity contribution is 0.0857. The van der Waals surface area contributed by atoms with Gasteiger partial charge in [-0.1, -0.05) is 23.9 Å². The van der Waals surface area contributed by atoms with Crippen molar-refractivity contribution < 1.29 is 19.0 Å². The Morgan fingerprint density at radius 1 is 1.05 bits per heavy atom. The van der Waals surface area contributed by atoms with Crippen LogP contribution in [0, 0.1) is 0 Å². The maximum absolute atomic E-state index is 12.7. The van der Waals surface area contributed by atoms with Crippen molar-refractivity contribution in [2.75, 3.05) is 63.4 Å². The molecule has 3 heterocycles. The lowest BCUT2D eigenvalue weighted by atomic mass is 10.1. The van der Waals surface area contributed by atoms with Gasteiger partial charge in [-0.25, -0.2) is 9.97 Å². The summed E-state index contributed by atoms with van der Waals surface area (Å²) in [6.45, 7) is 5.29. The summed E-state index contributed by atoms with van der Waals surface area (Å²) >= 11 is 1.57. The summed E-state index contributed by atoms with van der Waals surface area (Å²) in [4.78, 5) is 27.0. The number of nitrogens with zero attached hydrogens (tertiary/aromatic N) is 4. The molecule has 2 aliphatic heterocycles. The predicted octanol–water partition coefficient (Wildman–Crippen LogP) is 4.16. The number of carbonyl (C=O) groups excluding carboxylic acids is 1. The number of hydrogen-bond acceptors (Lipinski definition) is 9. The molecule has 1 atom stereocenters. The Labute approximate surface area is 240 Å². The molecule has 10 heteroatoms. The standard InChI is InChI=1S/C30H37N5O4S/c1-37-20-24-18-28(35-14-12-34(13-15-35)25-8-10-26(38-2)11-9-25)33-30(32-24)40-21-22-5-3-6-23(17-22)29(36)31-19-27-7-4-16-39-27/h3,5-6,8-11,17-18,27H,4,7,12-16,19-21H2,1-2H3,(H,31,36)/t27-/m1/s1. The highest BCUT2D eigenvalue weighted by atomic mass is 32.2. The fourth-order valence-electron chi connectivity index (χ4n) is 4.96. The molecule has 0 saturated carbocycles. The second-order valence-electron chi connectivity index (χ2n) is 9.94. The van der Waals surface area contributed by atoms with E-state index in [-0.39, 0.29) is 12.0 Å². The maximum Gasteiger partial charge on any atom is 0.251 e. The summed E-state index contributed by atoms with van der Waals surface area (Å²) in [7, 11) is 3.36. The largest absolute Gasteiger partial charge is 0.497 e. The summed E-state index contributed by atoms with van der Waals surface area (Å²) in [5.74, 6) is 2.37. The lowest BCUT2D eigenvalue weighted by Crippen LogP contribution is -2.46. The van der Waals surface area contributed by atoms with E-state index in [1.54, 1.807) is 26.0 Å². The number of nitrogens with one attached hydrogen (secondary N) is 1. The summed E-state index contributed by atoms with van der Waals surface area (Å²) in [6.07, 6.45) is 2.18. The van der Waals surface area contributed by atoms with Crippen LogP contribution in [0.15, 0.2) is 59.8 Å². The molecule has 1 N–H and O–H groups in total. The van der Waals surface area contributed by atoms with E-state index in [2.05, 4.69) is 27.2 Å². The molecule has 1 aromatic heterocycles. The fourth-order valence-corrected chi connectivity index (χ4v) is 5.77. The lowest BCUT2D eigenvalue weighted by Gasteiger charge is -2.37. The van der Waals surface area contributed by atoms with E-state index in [0.717, 1.165) is 68.5 Å². The number of hydrogen-bond donors (Lipinski definition) is 1. The monoisotopic (exact) mass is 563 g/mol. The van der Waals surface area contributed by atoms with Crippen molar-refractivity contribution in [1.82, 2.24) is 15.3 Å². The van der Waals surface area contributed by atoms with E-state index in [1.807, 2.05) is 42.5 Å². The number of benzene rings is 2. The van der Waals surface area contributed by atoms with Crippen LogP contribution in [-0.4, -0.2) is 75.5 Å². The zero-order chi connectivity index (χ0) is 27.7. The Hall–Kier alpha value is -3.34. The van der Waals surface area contributed by atoms with Crippen LogP contribution in [-0.2, 0) is 21.8 Å². The van der Waals surface area contributed by atoms with Gasteiger partial charge in [0.2, 0.25) is 0 Å². The highest BCUT2D eigenvalue weighted by molar-refractivity contribution is 7.98. The van der Waals surface area contributed by atoms with E-state index in [4.69, 9.17) is 24.2 Å². The molecule has 2 fully saturated rings. The first-order valence-corrected chi connectivity index (χ1v) is 14.7. The van der Waals surface area contributed by atoms with Crippen molar-refractivity contribution in [2.24, 2.45) is 0 Å². The van der Waals surface area contributed by atoms with Gasteiger partial charge in [0.05, 0.1) is 25.5 Å². The zero-order valence-corrected chi connectivity index (χ0v) is 24.0. The number of piperazine rings is 1. The van der Waals surface area contributed by atoms with Crippen LogP contribution in [0.3, 0.4) is 0 Å². The van der Waals surface area contributed by atoms with Crippen LogP contribution in [0.5, 0.6) is 5.75 Å². The predicted molar refractivity (Wildman–Crippen MR) is 157 cm³/mol. The van der Waals surface area contributed by atoms with Crippen molar-refractivity contribution in [2.45, 2.75) is 36.5 Å². The molecule has 1 amide bonds. The summed E-state index contributed by atoms with van der Waals surface area (Å²) in [5.41, 5.74) is 3.75. The maximum atomic E-state index is 12.7. The molecule has 2 aliphatic rings. The molecule has 2 aromatic carbocycles. The van der Waals surface area contributed by atoms with Gasteiger partial charge in [0.15, 0.2) is 5.16 Å². The number of aromatic nitrogens is 2. The average Bonchev–Trinajstić information content (AvgIpc) is 3.53. The van der Waals surface area contributed by atoms with Crippen molar-refractivity contribution in [3.8, 4) is 5.75 Å². The minimum Gasteiger partial charge on any atom is -0.497 e. The Bertz CT molecular complexity index is 1260. The second kappa shape index (κ2) is 13.8. The first-order chi connectivity index (χ1) is 19.6. The van der Waals surface area contributed by atoms with Crippen LogP contribution >= 0.6 is 11.8 Å². The Morgan fingerprint density at radius 2 is 1.85 bits per heavy atom. The van der Waals surface area contributed by atoms with Gasteiger partial charge < -0.3 is 29.3 Å². The van der Waals surface area contributed by atoms with E-state index >= 15 is 0 Å². The molecule has 9 nitrogen and oxygen atoms in total. The third kappa shape index (κ3) is 7.44. The highest BCUT2D eigenvalue weighted by Gasteiger charge is 2.20. The van der Waals surface area contributed by atoms with E-state index in [9.17, 15) is 4.79 Å². The number of ether oxygens (including phenoxy) is 3. The highest BCUT2D eigenvalue weighted by Crippen LogP contribution is 2.26. The van der Waals surface area contributed by atoms with Gasteiger partial charge in [0.1, 0.15) is 11.6 Å². The normalized spacial score (nSPS) is 17.2. The molecule has 5 rings (SSSR count). The topological polar surface area (TPSA) is 89.0 Å². The zero-order valence-electron chi connectivity index (χ0n) is 23.2. The van der Waals surface area contributed by atoms with Gasteiger partial charge in [-0.3, -0.25) is 4.79 Å². The van der Waals surface area contributed by atoms with Gasteiger partial charge >= 0.3 is 0 Å². The summed E-state index contributed by atoms with van der Waals surface area (Å²) in [5, 5.41) is 3.71. The molecule has 0 spiro atoms. The number of amides is 1. The first-order valence-electron chi connectivity index (χ1n) is 13.7. The van der Waals surface area contributed by atoms with E-state index < -0.39 is 0 Å². The van der Waals surface area contributed by atoms with Crippen LogP contribution in [0.2, 0.25) is 0 Å². The van der Waals surface area contributed by atoms with Crippen molar-refractivity contribution in [1.29, 1.82) is 0 Å². The Kier molecular flexibility index (Phi) is 9.75. The summed E-state index contributed by atoms with van der Waals surface area (Å²) < 4.78 is 16.3. The first kappa shape index (κ1) is 28.2. The molecule has 212 valence electrons. The van der Waals surface area contributed by atoms with Gasteiger partial charge in [0.25, 0.3) is 5.91 Å². The third-order valence-corrected chi connectivity index (χ3v) is 8.07. The van der Waals surface area contributed by atoms with Gasteiger partial charge in [-0.05, 0) is 54.8 Å². The molecule has 40 heavy (non-hydrogen) atoms. The number of thioether (sulfide) groups is 1. The van der Waals surface area contributed by atoms with Crippen LogP contribution in [0.1, 0.15) is 34.5 Å². The van der Waals surface area contributed by atoms with Crippen molar-refractivity contribution in [3.05, 3.63) is 71.4 Å². The molecule has 0 unspecified atom stereocenters. The van der Waals surface area contributed by atoms with Crippen molar-refractivity contribution in [3.63, 3.8) is 0 Å². The number of anilines is 2. The molecular formula is C30H37N5O4S. The van der Waals surface area contributed by atoms with Gasteiger partial charge in [-0.15, -0.1) is 0 Å². The average molecular weight is 564 g/mol. The molecular weight excluding hydrogens is 526 g/mol. The second-order valence-corrected chi connectivity index (χ2v) is 10.9. The van der Waals surface area contributed by atoms with Crippen molar-refractivity contribution >= 4 is 29.2 Å². The molecule has 2 saturated heterocycles. The van der Waals surface area contributed by atoms with E-state index in [0.29, 0.717) is 29.6 Å². The smallest absolute Gasteiger partial charge is 0.251 e. The number of methoxy groups -OCH3 is 2. The SMILES string of the molecule is COCc1cc(N2CCN(c3ccc(OC)cc3)CC2)nc(SCc2cccc(C(=O)NC[C@H]3CCCO3)c2)n1. The number of rotatable bonds is 11. The Morgan fingerprint density at radius 3 is 2.58 bits per heavy atom. The quantitative estimate of drug-likeness (QED) is 0.273. The van der Waals surface area contributed by atoms with Crippen LogP contribution in [0.4, 0.5) is 11.5 Å². The van der Waals surface area contributed by atoms with E-state index in [1.165, 1.54) is 5.69 Å². The van der Waals surface area contributed by atoms with Crippen LogP contribution in [0.25, 0.3) is 0 Å². The van der Waals surface area contributed by atoms with Gasteiger partial charge in [0, 0.05) is 69.5 Å². The summed E-state index contributed by atoms with van der Waals surface area (Å²) in [6, 6.07) is 18.0. The minimum absolute atomic E-state index is 0.0724. The number of carbonyl (C=O) groups is 1. The Balaban J connectivity index is 1.20. The third-order valence-electron chi connectivity index (χ3n) is 7.15. The molecule has 0 aliphatic carbocycles. The van der Waals surface area contributed by atoms with Crippen LogP contribution < -0.4 is 19.9 Å². The van der Waals surface area contributed by atoms with Gasteiger partial charge in [-0.2, -0.15) is 0 Å². The fraction of sp³-hybridized carbons (Fsp3) is 0.433. The minimum atomic E-state index is -0.0724. The molecule has 3 aromatic rings.